The smallest absolute Gasteiger partial charge is 0.139 e. The van der Waals surface area contributed by atoms with E-state index in [1.54, 1.807) is 0 Å². The second-order valence-electron chi connectivity index (χ2n) is 5.36. The van der Waals surface area contributed by atoms with Gasteiger partial charge in [-0.15, -0.1) is 11.6 Å². The van der Waals surface area contributed by atoms with Crippen molar-refractivity contribution in [3.63, 3.8) is 0 Å². The van der Waals surface area contributed by atoms with Gasteiger partial charge in [-0.25, -0.2) is 9.37 Å². The summed E-state index contributed by atoms with van der Waals surface area (Å²) < 4.78 is 16.6. The first kappa shape index (κ1) is 15.6. The number of hydrogen-bond donors (Lipinski definition) is 0. The molecule has 2 atom stereocenters. The van der Waals surface area contributed by atoms with Crippen LogP contribution in [0.15, 0.2) is 16.6 Å². The minimum absolute atomic E-state index is 0.266. The lowest BCUT2D eigenvalue weighted by molar-refractivity contribution is 0.522. The Hall–Kier alpha value is -0.260. The zero-order valence-electron chi connectivity index (χ0n) is 11.8. The third-order valence-corrected chi connectivity index (χ3v) is 6.13. The molecule has 0 aliphatic heterocycles. The lowest BCUT2D eigenvalue weighted by Gasteiger charge is -2.22. The third kappa shape index (κ3) is 2.84. The van der Waals surface area contributed by atoms with Crippen LogP contribution in [0.3, 0.4) is 0 Å². The van der Waals surface area contributed by atoms with Gasteiger partial charge in [-0.05, 0) is 41.1 Å². The van der Waals surface area contributed by atoms with E-state index in [0.29, 0.717) is 28.1 Å². The first-order valence-electron chi connectivity index (χ1n) is 7.10. The number of aromatic nitrogens is 2. The molecular weight excluding hydrogens is 375 g/mol. The van der Waals surface area contributed by atoms with E-state index < -0.39 is 0 Å². The number of aryl methyl sites for hydroxylation is 1. The van der Waals surface area contributed by atoms with Crippen LogP contribution in [0.5, 0.6) is 0 Å². The molecule has 6 heteroatoms. The van der Waals surface area contributed by atoms with Crippen molar-refractivity contribution >= 4 is 50.3 Å². The minimum Gasteiger partial charge on any atom is -0.324 e. The van der Waals surface area contributed by atoms with Crippen LogP contribution in [-0.4, -0.2) is 26.9 Å². The molecule has 0 N–H and O–H groups in total. The molecule has 3 rings (SSSR count). The van der Waals surface area contributed by atoms with E-state index in [4.69, 9.17) is 11.6 Å². The Bertz CT molecular complexity index is 661. The molecule has 1 aromatic heterocycles. The summed E-state index contributed by atoms with van der Waals surface area (Å²) >= 11 is 11.1. The van der Waals surface area contributed by atoms with E-state index in [1.807, 2.05) is 17.8 Å². The van der Waals surface area contributed by atoms with E-state index in [-0.39, 0.29) is 5.82 Å². The van der Waals surface area contributed by atoms with Crippen molar-refractivity contribution in [2.45, 2.75) is 37.0 Å². The fraction of sp³-hybridized carbons (Fsp3) is 0.533. The number of halogens is 3. The molecule has 2 nitrogen and oxygen atoms in total. The van der Waals surface area contributed by atoms with Crippen molar-refractivity contribution in [1.29, 1.82) is 0 Å². The van der Waals surface area contributed by atoms with Crippen molar-refractivity contribution in [1.82, 2.24) is 9.55 Å². The maximum atomic E-state index is 13.8. The van der Waals surface area contributed by atoms with Crippen molar-refractivity contribution in [2.24, 2.45) is 0 Å². The number of rotatable bonds is 4. The molecule has 0 bridgehead atoms. The predicted octanol–water partition coefficient (Wildman–Crippen LogP) is 5.18. The van der Waals surface area contributed by atoms with Crippen LogP contribution in [0.25, 0.3) is 11.0 Å². The van der Waals surface area contributed by atoms with Gasteiger partial charge in [0.25, 0.3) is 0 Å². The highest BCUT2D eigenvalue weighted by atomic mass is 79.9. The summed E-state index contributed by atoms with van der Waals surface area (Å²) in [6.07, 6.45) is 6.50. The Morgan fingerprint density at radius 1 is 1.48 bits per heavy atom. The van der Waals surface area contributed by atoms with Crippen LogP contribution in [0.1, 0.15) is 31.1 Å². The Kier molecular flexibility index (Phi) is 4.81. The number of hydrogen-bond acceptors (Lipinski definition) is 2. The number of nitrogens with zero attached hydrogens (tertiary/aromatic N) is 2. The number of fused-ring (bicyclic) bond motifs is 1. The highest BCUT2D eigenvalue weighted by Crippen LogP contribution is 2.40. The Morgan fingerprint density at radius 3 is 3.00 bits per heavy atom. The van der Waals surface area contributed by atoms with Gasteiger partial charge in [-0.3, -0.25) is 0 Å². The molecule has 0 saturated heterocycles. The van der Waals surface area contributed by atoms with Gasteiger partial charge in [0.1, 0.15) is 11.6 Å². The predicted molar refractivity (Wildman–Crippen MR) is 92.0 cm³/mol. The second kappa shape index (κ2) is 6.47. The standard InChI is InChI=1S/C15H17BrClFN2S/c1-21-14-4-2-3-12(14)20-13-7-9(16)10(18)8-11(13)19-15(20)5-6-17/h7-8,12,14H,2-6H2,1H3. The number of thioether (sulfide) groups is 1. The van der Waals surface area contributed by atoms with E-state index in [2.05, 4.69) is 31.7 Å². The highest BCUT2D eigenvalue weighted by Gasteiger charge is 2.31. The van der Waals surface area contributed by atoms with Crippen LogP contribution in [0.2, 0.25) is 0 Å². The molecule has 1 saturated carbocycles. The van der Waals surface area contributed by atoms with Gasteiger partial charge >= 0.3 is 0 Å². The van der Waals surface area contributed by atoms with Gasteiger partial charge in [0, 0.05) is 29.7 Å². The first-order chi connectivity index (χ1) is 10.2. The topological polar surface area (TPSA) is 17.8 Å². The SMILES string of the molecule is CSC1CCCC1n1c(CCCl)nc2cc(F)c(Br)cc21. The molecule has 0 radical (unpaired) electrons. The van der Waals surface area contributed by atoms with Crippen LogP contribution in [0, 0.1) is 5.82 Å². The summed E-state index contributed by atoms with van der Waals surface area (Å²) in [5.74, 6) is 1.24. The lowest BCUT2D eigenvalue weighted by atomic mass is 10.2. The van der Waals surface area contributed by atoms with Crippen molar-refractivity contribution in [2.75, 3.05) is 12.1 Å². The first-order valence-corrected chi connectivity index (χ1v) is 9.72. The zero-order chi connectivity index (χ0) is 15.0. The van der Waals surface area contributed by atoms with E-state index in [1.165, 1.54) is 18.9 Å². The Balaban J connectivity index is 2.17. The average Bonchev–Trinajstić information content (AvgIpc) is 3.03. The second-order valence-corrected chi connectivity index (χ2v) is 7.67. The molecule has 1 aromatic carbocycles. The van der Waals surface area contributed by atoms with Crippen LogP contribution < -0.4 is 0 Å². The monoisotopic (exact) mass is 390 g/mol. The van der Waals surface area contributed by atoms with Crippen LogP contribution >= 0.6 is 39.3 Å². The summed E-state index contributed by atoms with van der Waals surface area (Å²) in [7, 11) is 0. The molecule has 0 spiro atoms. The maximum absolute atomic E-state index is 13.8. The van der Waals surface area contributed by atoms with E-state index in [9.17, 15) is 4.39 Å². The Morgan fingerprint density at radius 2 is 2.29 bits per heavy atom. The third-order valence-electron chi connectivity index (χ3n) is 4.17. The summed E-state index contributed by atoms with van der Waals surface area (Å²) in [4.78, 5) is 4.63. The average molecular weight is 392 g/mol. The van der Waals surface area contributed by atoms with Gasteiger partial charge in [0.15, 0.2) is 0 Å². The van der Waals surface area contributed by atoms with Crippen molar-refractivity contribution in [3.05, 3.63) is 28.2 Å². The number of imidazole rings is 1. The quantitative estimate of drug-likeness (QED) is 0.669. The summed E-state index contributed by atoms with van der Waals surface area (Å²) in [5.41, 5.74) is 1.73. The molecule has 1 aliphatic carbocycles. The number of benzene rings is 1. The van der Waals surface area contributed by atoms with E-state index >= 15 is 0 Å². The van der Waals surface area contributed by atoms with Gasteiger partial charge in [-0.1, -0.05) is 6.42 Å². The molecule has 1 aliphatic rings. The molecule has 1 fully saturated rings. The van der Waals surface area contributed by atoms with Gasteiger partial charge in [0.2, 0.25) is 0 Å². The molecule has 21 heavy (non-hydrogen) atoms. The van der Waals surface area contributed by atoms with Gasteiger partial charge in [0.05, 0.1) is 15.5 Å². The maximum Gasteiger partial charge on any atom is 0.139 e. The fourth-order valence-corrected chi connectivity index (χ4v) is 4.72. The molecule has 0 amide bonds. The normalized spacial score (nSPS) is 22.3. The summed E-state index contributed by atoms with van der Waals surface area (Å²) in [6, 6.07) is 3.79. The van der Waals surface area contributed by atoms with Crippen molar-refractivity contribution in [3.8, 4) is 0 Å². The van der Waals surface area contributed by atoms with Crippen molar-refractivity contribution < 1.29 is 4.39 Å². The number of alkyl halides is 1. The lowest BCUT2D eigenvalue weighted by Crippen LogP contribution is -2.18. The molecule has 1 heterocycles. The van der Waals surface area contributed by atoms with Crippen LogP contribution in [0.4, 0.5) is 4.39 Å². The van der Waals surface area contributed by atoms with Gasteiger partial charge < -0.3 is 4.57 Å². The largest absolute Gasteiger partial charge is 0.324 e. The van der Waals surface area contributed by atoms with Gasteiger partial charge in [-0.2, -0.15) is 11.8 Å². The van der Waals surface area contributed by atoms with Crippen LogP contribution in [-0.2, 0) is 6.42 Å². The highest BCUT2D eigenvalue weighted by molar-refractivity contribution is 9.10. The van der Waals surface area contributed by atoms with E-state index in [0.717, 1.165) is 23.3 Å². The summed E-state index contributed by atoms with van der Waals surface area (Å²) in [5, 5.41) is 0.598. The Labute approximate surface area is 141 Å². The molecular formula is C15H17BrClFN2S. The fourth-order valence-electron chi connectivity index (χ4n) is 3.25. The molecule has 114 valence electrons. The molecule has 2 unspecified atom stereocenters. The molecule has 2 aromatic rings. The minimum atomic E-state index is -0.266. The summed E-state index contributed by atoms with van der Waals surface area (Å²) in [6.45, 7) is 0. The zero-order valence-corrected chi connectivity index (χ0v) is 14.9.